The molecule has 0 saturated heterocycles. The number of nitrogens with one attached hydrogen (secondary N) is 3. The van der Waals surface area contributed by atoms with Gasteiger partial charge in [-0.3, -0.25) is 25.5 Å². The number of ether oxygens (including phenoxy) is 10. The molecule has 5 atom stereocenters. The van der Waals surface area contributed by atoms with Crippen molar-refractivity contribution in [3.05, 3.63) is 184 Å². The highest BCUT2D eigenvalue weighted by Gasteiger charge is 2.31. The van der Waals surface area contributed by atoms with Crippen molar-refractivity contribution in [2.75, 3.05) is 82.3 Å². The fraction of sp³-hybridized carbons (Fsp3) is 0.446. The number of aromatic hydroxyl groups is 6. The van der Waals surface area contributed by atoms with E-state index < -0.39 is 121 Å². The highest BCUT2D eigenvalue weighted by Crippen LogP contribution is 2.42. The first kappa shape index (κ1) is 112. The first-order valence-corrected chi connectivity index (χ1v) is 43.6. The quantitative estimate of drug-likeness (QED) is 0.0162. The molecule has 4 aliphatic heterocycles. The van der Waals surface area contributed by atoms with Gasteiger partial charge in [-0.05, 0) is 164 Å². The highest BCUT2D eigenvalue weighted by molar-refractivity contribution is 6.35. The molecule has 38 nitrogen and oxygen atoms in total. The summed E-state index contributed by atoms with van der Waals surface area (Å²) >= 11 is 25.5. The van der Waals surface area contributed by atoms with Crippen LogP contribution in [0, 0.1) is 13.8 Å². The first-order chi connectivity index (χ1) is 64.0. The number of cyclic esters (lactones) is 4. The van der Waals surface area contributed by atoms with E-state index in [9.17, 15) is 78.6 Å². The smallest absolute Gasteiger partial charge is 0.346 e. The second-order valence-corrected chi connectivity index (χ2v) is 31.4. The van der Waals surface area contributed by atoms with Crippen LogP contribution in [0.4, 0.5) is 0 Å². The van der Waals surface area contributed by atoms with E-state index in [0.29, 0.717) is 127 Å². The van der Waals surface area contributed by atoms with Gasteiger partial charge in [0.1, 0.15) is 75.6 Å². The molecule has 5 unspecified atom stereocenters. The van der Waals surface area contributed by atoms with Crippen molar-refractivity contribution in [2.24, 2.45) is 15.5 Å². The largest absolute Gasteiger partial charge is 0.507 e. The molecule has 0 aliphatic carbocycles. The number of aryl methyl sites for hydroxylation is 2. The molecule has 4 aromatic carbocycles. The number of phenolic OH excluding ortho intramolecular Hbond substituents is 6. The predicted molar refractivity (Wildman–Crippen MR) is 489 cm³/mol. The van der Waals surface area contributed by atoms with Gasteiger partial charge in [0.15, 0.2) is 19.8 Å². The SMILES string of the molecule is COC(=O)CON=C1C=C(NOCC(=O)OC)Cc2c(Cl)c(C)cc(C)c2C(=O)OC(C)C/C=C/CC1.COC(=O)CON=C1C=C(NOCC(=O)OC)Cc2c(Cl)c(O)cc(O)c2C(=O)OC(C)C/C=C/CC1.COC(=O)CON=C1C=CCC/C=C/CC(C)OC(=O)c2c(O)cc(O)c(Cl)c2C1.COC(=O)CONC1CC/C=C/CC(C)OC(=O)c2c(O)cc(O)c(Cl)c2CCC1. The maximum absolute atomic E-state index is 13.2. The summed E-state index contributed by atoms with van der Waals surface area (Å²) in [5.41, 5.74) is 12.4. The average molecular weight is 1960 g/mol. The van der Waals surface area contributed by atoms with E-state index in [0.717, 1.165) is 43.0 Å². The van der Waals surface area contributed by atoms with Crippen LogP contribution in [0.3, 0.4) is 0 Å². The molecule has 0 amide bonds. The molecule has 134 heavy (non-hydrogen) atoms. The number of carbonyl (C=O) groups is 10. The van der Waals surface area contributed by atoms with E-state index in [2.05, 4.69) is 60.3 Å². The molecule has 0 aromatic heterocycles. The molecule has 0 saturated carbocycles. The van der Waals surface area contributed by atoms with Gasteiger partial charge in [-0.25, -0.2) is 47.9 Å². The fourth-order valence-corrected chi connectivity index (χ4v) is 13.5. The number of phenols is 6. The monoisotopic (exact) mass is 1950 g/mol. The van der Waals surface area contributed by atoms with Crippen LogP contribution in [0.15, 0.2) is 124 Å². The lowest BCUT2D eigenvalue weighted by atomic mass is 9.95. The van der Waals surface area contributed by atoms with E-state index in [4.69, 9.17) is 94.4 Å². The van der Waals surface area contributed by atoms with E-state index in [1.165, 1.54) is 48.7 Å². The molecule has 4 aromatic rings. The van der Waals surface area contributed by atoms with Crippen LogP contribution in [0.1, 0.15) is 192 Å². The lowest BCUT2D eigenvalue weighted by Gasteiger charge is -2.20. The van der Waals surface area contributed by atoms with E-state index >= 15 is 0 Å². The van der Waals surface area contributed by atoms with Crippen LogP contribution < -0.4 is 16.4 Å². The van der Waals surface area contributed by atoms with Gasteiger partial charge in [0.05, 0.1) is 80.4 Å². The number of carbonyl (C=O) groups excluding carboxylic acids is 10. The van der Waals surface area contributed by atoms with Crippen molar-refractivity contribution in [1.29, 1.82) is 0 Å². The number of hydrogen-bond acceptors (Lipinski definition) is 38. The number of esters is 10. The molecule has 9 N–H and O–H groups in total. The van der Waals surface area contributed by atoms with Gasteiger partial charge in [0.2, 0.25) is 19.8 Å². The second kappa shape index (κ2) is 59.9. The zero-order valence-corrected chi connectivity index (χ0v) is 79.3. The number of allylic oxidation sites excluding steroid dienone is 10. The third-order valence-corrected chi connectivity index (χ3v) is 21.1. The van der Waals surface area contributed by atoms with Crippen molar-refractivity contribution >= 4 is 123 Å². The maximum atomic E-state index is 13.2. The molecule has 8 rings (SSSR count). The third-order valence-electron chi connectivity index (χ3n) is 19.4. The molecular formula is C92H114Cl4N6O32. The molecule has 0 fully saturated rings. The summed E-state index contributed by atoms with van der Waals surface area (Å²) in [5.74, 6) is -8.88. The summed E-state index contributed by atoms with van der Waals surface area (Å²) in [4.78, 5) is 151. The number of rotatable bonds is 21. The second-order valence-electron chi connectivity index (χ2n) is 29.9. The fourth-order valence-electron chi connectivity index (χ4n) is 12.6. The standard InChI is InChI=1S/C26H33ClN2O8.C24H29ClN2O10.C21H28ClNO7.C21H24ClNO7/c1-16-11-17(2)25(27)21-13-20(29-36-15-23(31)34-5)12-19(28-35-14-22(30)33-4)10-8-6-7-9-18(3)37-26(32)24(16)21;1-14-7-5-4-6-8-15(26-35-12-20(30)33-2)9-16(27-36-13-21(31)34-3)10-17-22(24(32)37-14)18(28)11-19(29)23(17)25;1-13-7-4-3-5-8-14(23-29-12-18(26)28-2)9-6-10-15-19(21(27)30-13)16(24)11-17(25)20(15)22;1-13-8-6-4-3-5-7-9-14(23-29-12-18(26)28-2)10-15-19(21(27)30-13)16(24)11-17(25)20(15)22/h6-7,11-12,18,29H,8-10,13-15H2,1-5H3;4-5,9,11,14,27-29H,6-8,10,12-13H2,1-3H3;3-4,11,13-14,23-25H,5-10,12H2,1-2H3;4,6-7,9,11,13,24-25H,3,5,8,10,12H2,1-2H3/b7-6+,20-12?,28-19?;5-4+,16-9?,26-15?;4-3+;6-4+,9-7?,23-14?. The molecule has 0 spiro atoms. The van der Waals surface area contributed by atoms with Crippen LogP contribution in [0.5, 0.6) is 34.5 Å². The van der Waals surface area contributed by atoms with Crippen molar-refractivity contribution in [2.45, 2.75) is 188 Å². The van der Waals surface area contributed by atoms with Crippen molar-refractivity contribution < 1.29 is 155 Å². The van der Waals surface area contributed by atoms with Gasteiger partial charge < -0.3 is 92.5 Å². The molecule has 732 valence electrons. The van der Waals surface area contributed by atoms with Crippen LogP contribution in [-0.2, 0) is 131 Å². The third kappa shape index (κ3) is 39.0. The Morgan fingerprint density at radius 2 is 0.709 bits per heavy atom. The van der Waals surface area contributed by atoms with Crippen LogP contribution in [-0.4, -0.2) is 220 Å². The number of hydroxylamine groups is 3. The Labute approximate surface area is 794 Å². The summed E-state index contributed by atoms with van der Waals surface area (Å²) in [7, 11) is 7.42. The number of halogens is 4. The molecule has 0 bridgehead atoms. The first-order valence-electron chi connectivity index (χ1n) is 42.1. The minimum atomic E-state index is -0.850. The molecule has 4 heterocycles. The van der Waals surface area contributed by atoms with E-state index in [1.54, 1.807) is 32.9 Å². The van der Waals surface area contributed by atoms with E-state index in [1.807, 2.05) is 81.5 Å². The molecule has 0 radical (unpaired) electrons. The lowest BCUT2D eigenvalue weighted by Crippen LogP contribution is -2.31. The summed E-state index contributed by atoms with van der Waals surface area (Å²) < 4.78 is 49.3. The normalized spacial score (nSPS) is 19.6. The van der Waals surface area contributed by atoms with Gasteiger partial charge in [-0.1, -0.05) is 123 Å². The van der Waals surface area contributed by atoms with Crippen LogP contribution >= 0.6 is 46.4 Å². The van der Waals surface area contributed by atoms with Gasteiger partial charge in [0.25, 0.3) is 0 Å². The van der Waals surface area contributed by atoms with Gasteiger partial charge in [-0.15, -0.1) is 0 Å². The van der Waals surface area contributed by atoms with Gasteiger partial charge in [-0.2, -0.15) is 5.48 Å². The molecule has 42 heteroatoms. The minimum absolute atomic E-state index is 0.0193. The number of nitrogens with zero attached hydrogens (tertiary/aromatic N) is 3. The summed E-state index contributed by atoms with van der Waals surface area (Å²) in [6.07, 6.45) is 28.7. The van der Waals surface area contributed by atoms with Crippen LogP contribution in [0.2, 0.25) is 20.1 Å². The Morgan fingerprint density at radius 3 is 1.12 bits per heavy atom. The van der Waals surface area contributed by atoms with Gasteiger partial charge in [0, 0.05) is 85.6 Å². The molecule has 4 aliphatic rings. The van der Waals surface area contributed by atoms with Crippen LogP contribution in [0.25, 0.3) is 0 Å². The van der Waals surface area contributed by atoms with Crippen molar-refractivity contribution in [1.82, 2.24) is 16.4 Å². The zero-order chi connectivity index (χ0) is 98.9. The van der Waals surface area contributed by atoms with Gasteiger partial charge >= 0.3 is 59.7 Å². The minimum Gasteiger partial charge on any atom is -0.507 e. The van der Waals surface area contributed by atoms with Crippen molar-refractivity contribution in [3.8, 4) is 34.5 Å². The zero-order valence-electron chi connectivity index (χ0n) is 76.2. The summed E-state index contributed by atoms with van der Waals surface area (Å²) in [6, 6.07) is 4.74. The lowest BCUT2D eigenvalue weighted by molar-refractivity contribution is -0.150. The Hall–Kier alpha value is -12.4. The number of fused-ring (bicyclic) bond motifs is 4. The summed E-state index contributed by atoms with van der Waals surface area (Å²) in [6.45, 7) is 8.44. The average Bonchev–Trinajstić information content (AvgIpc) is 0.849. The predicted octanol–water partition coefficient (Wildman–Crippen LogP) is 13.7. The maximum Gasteiger partial charge on any atom is 0.346 e. The Bertz CT molecular complexity index is 4870. The summed E-state index contributed by atoms with van der Waals surface area (Å²) in [5, 5.41) is 73.4. The Morgan fingerprint density at radius 1 is 0.373 bits per heavy atom. The molecular weight excluding hydrogens is 1840 g/mol. The van der Waals surface area contributed by atoms with E-state index in [-0.39, 0.29) is 111 Å². The number of benzene rings is 4. The number of oxime groups is 3. The Balaban J connectivity index is 0.000000317. The Kier molecular flexibility index (Phi) is 50.1. The topological polar surface area (TPSA) is 513 Å². The highest BCUT2D eigenvalue weighted by atomic mass is 35.5. The number of hydrogen-bond donors (Lipinski definition) is 9. The number of methoxy groups -OCH3 is 6. The van der Waals surface area contributed by atoms with Crippen molar-refractivity contribution in [3.63, 3.8) is 0 Å².